The van der Waals surface area contributed by atoms with Crippen molar-refractivity contribution in [1.82, 2.24) is 5.32 Å². The first-order valence-corrected chi connectivity index (χ1v) is 7.13. The summed E-state index contributed by atoms with van der Waals surface area (Å²) in [5.41, 5.74) is 0. The Labute approximate surface area is 135 Å². The average Bonchev–Trinajstić information content (AvgIpc) is 2.32. The van der Waals surface area contributed by atoms with Crippen molar-refractivity contribution in [2.45, 2.75) is 77.7 Å². The van der Waals surface area contributed by atoms with Gasteiger partial charge in [-0.1, -0.05) is 64.9 Å². The van der Waals surface area contributed by atoms with Gasteiger partial charge in [-0.05, 0) is 19.4 Å². The van der Waals surface area contributed by atoms with E-state index < -0.39 is 0 Å². The molecule has 1 N–H and O–H groups in total. The molecular weight excluding hydrogens is 233 g/mol. The summed E-state index contributed by atoms with van der Waals surface area (Å²) in [4.78, 5) is 11.0. The summed E-state index contributed by atoms with van der Waals surface area (Å²) >= 11 is 0. The third-order valence-corrected chi connectivity index (χ3v) is 3.06. The molecule has 0 saturated heterocycles. The minimum absolute atomic E-state index is 0. The summed E-state index contributed by atoms with van der Waals surface area (Å²) in [6.07, 6.45) is 13.1. The zero-order valence-electron chi connectivity index (χ0n) is 11.6. The summed E-state index contributed by atoms with van der Waals surface area (Å²) in [6, 6.07) is 0.278. The first kappa shape index (κ1) is 20.5. The van der Waals surface area contributed by atoms with Crippen LogP contribution in [0.1, 0.15) is 71.6 Å². The molecule has 0 fully saturated rings. The van der Waals surface area contributed by atoms with Gasteiger partial charge >= 0.3 is 29.6 Å². The van der Waals surface area contributed by atoms with Crippen molar-refractivity contribution in [3.63, 3.8) is 0 Å². The van der Waals surface area contributed by atoms with Crippen molar-refractivity contribution in [3.8, 4) is 0 Å². The van der Waals surface area contributed by atoms with Crippen LogP contribution in [0, 0.1) is 0 Å². The van der Waals surface area contributed by atoms with Crippen molar-refractivity contribution >= 4 is 35.5 Å². The molecule has 1 amide bonds. The van der Waals surface area contributed by atoms with Crippen molar-refractivity contribution in [2.75, 3.05) is 0 Å². The number of amides is 1. The van der Waals surface area contributed by atoms with Crippen LogP contribution in [0.25, 0.3) is 0 Å². The Kier molecular flexibility index (Phi) is 17.4. The van der Waals surface area contributed by atoms with Crippen molar-refractivity contribution in [3.05, 3.63) is 12.7 Å². The number of nitrogens with one attached hydrogen (secondary N) is 1. The van der Waals surface area contributed by atoms with Crippen molar-refractivity contribution in [1.29, 1.82) is 0 Å². The Bertz CT molecular complexity index is 207. The van der Waals surface area contributed by atoms with E-state index in [0.717, 1.165) is 6.42 Å². The quantitative estimate of drug-likeness (QED) is 0.345. The van der Waals surface area contributed by atoms with Gasteiger partial charge < -0.3 is 5.32 Å². The molecule has 0 aliphatic heterocycles. The van der Waals surface area contributed by atoms with E-state index in [1.54, 1.807) is 0 Å². The first-order chi connectivity index (χ1) is 8.20. The van der Waals surface area contributed by atoms with Crippen LogP contribution in [-0.4, -0.2) is 41.5 Å². The second-order valence-corrected chi connectivity index (χ2v) is 4.88. The van der Waals surface area contributed by atoms with Gasteiger partial charge in [0.25, 0.3) is 0 Å². The molecule has 1 unspecified atom stereocenters. The first-order valence-electron chi connectivity index (χ1n) is 7.13. The predicted molar refractivity (Wildman–Crippen MR) is 82.2 cm³/mol. The fraction of sp³-hybridized carbons (Fsp3) is 0.800. The van der Waals surface area contributed by atoms with Gasteiger partial charge in [-0.15, -0.1) is 0 Å². The van der Waals surface area contributed by atoms with Crippen LogP contribution in [0.3, 0.4) is 0 Å². The molecule has 0 rings (SSSR count). The third kappa shape index (κ3) is 14.3. The molecule has 0 aromatic carbocycles. The van der Waals surface area contributed by atoms with Crippen LogP contribution >= 0.6 is 0 Å². The second kappa shape index (κ2) is 15.3. The molecule has 0 bridgehead atoms. The SMILES string of the molecule is C=CC(=O)NC(C)CCCCCCCCCC.[NaH]. The molecule has 0 aromatic rings. The van der Waals surface area contributed by atoms with E-state index in [1.165, 1.54) is 57.4 Å². The van der Waals surface area contributed by atoms with E-state index in [2.05, 4.69) is 25.7 Å². The molecule has 3 heteroatoms. The number of carbonyl (C=O) groups excluding carboxylic acids is 1. The summed E-state index contributed by atoms with van der Waals surface area (Å²) in [5.74, 6) is -0.0583. The van der Waals surface area contributed by atoms with E-state index in [1.807, 2.05) is 0 Å². The van der Waals surface area contributed by atoms with Crippen LogP contribution in [0.4, 0.5) is 0 Å². The van der Waals surface area contributed by atoms with Gasteiger partial charge in [0.15, 0.2) is 0 Å². The summed E-state index contributed by atoms with van der Waals surface area (Å²) < 4.78 is 0. The Balaban J connectivity index is 0. The van der Waals surface area contributed by atoms with Crippen LogP contribution in [0.15, 0.2) is 12.7 Å². The predicted octanol–water partition coefficient (Wildman–Crippen LogP) is 3.56. The van der Waals surface area contributed by atoms with E-state index >= 15 is 0 Å². The normalized spacial score (nSPS) is 11.4. The third-order valence-electron chi connectivity index (χ3n) is 3.06. The molecule has 0 saturated carbocycles. The topological polar surface area (TPSA) is 29.1 Å². The van der Waals surface area contributed by atoms with Crippen LogP contribution in [0.2, 0.25) is 0 Å². The van der Waals surface area contributed by atoms with Gasteiger partial charge in [-0.2, -0.15) is 0 Å². The summed E-state index contributed by atoms with van der Waals surface area (Å²) in [5, 5.41) is 2.89. The van der Waals surface area contributed by atoms with E-state index in [9.17, 15) is 4.79 Å². The fourth-order valence-corrected chi connectivity index (χ4v) is 1.96. The number of hydrogen-bond donors (Lipinski definition) is 1. The number of carbonyl (C=O) groups is 1. The molecule has 0 heterocycles. The molecule has 0 aromatic heterocycles. The minimum atomic E-state index is -0.0583. The average molecular weight is 263 g/mol. The molecule has 0 spiro atoms. The molecular formula is C15H30NNaO. The Morgan fingerprint density at radius 2 is 1.61 bits per heavy atom. The van der Waals surface area contributed by atoms with Gasteiger partial charge in [0.1, 0.15) is 0 Å². The van der Waals surface area contributed by atoms with Gasteiger partial charge in [0, 0.05) is 6.04 Å². The summed E-state index contributed by atoms with van der Waals surface area (Å²) in [6.45, 7) is 7.75. The molecule has 0 radical (unpaired) electrons. The Morgan fingerprint density at radius 3 is 2.11 bits per heavy atom. The maximum atomic E-state index is 11.0. The van der Waals surface area contributed by atoms with Crippen LogP contribution < -0.4 is 5.32 Å². The Morgan fingerprint density at radius 1 is 1.11 bits per heavy atom. The van der Waals surface area contributed by atoms with Gasteiger partial charge in [0.2, 0.25) is 5.91 Å². The molecule has 18 heavy (non-hydrogen) atoms. The zero-order chi connectivity index (χ0) is 12.9. The molecule has 0 aliphatic carbocycles. The number of unbranched alkanes of at least 4 members (excludes halogenated alkanes) is 7. The van der Waals surface area contributed by atoms with E-state index in [-0.39, 0.29) is 41.5 Å². The number of rotatable bonds is 11. The monoisotopic (exact) mass is 263 g/mol. The van der Waals surface area contributed by atoms with Crippen LogP contribution in [0.5, 0.6) is 0 Å². The van der Waals surface area contributed by atoms with Gasteiger partial charge in [-0.25, -0.2) is 0 Å². The maximum absolute atomic E-state index is 11.0. The molecule has 102 valence electrons. The Hall–Kier alpha value is 0.210. The van der Waals surface area contributed by atoms with Gasteiger partial charge in [0.05, 0.1) is 0 Å². The molecule has 0 aliphatic rings. The second-order valence-electron chi connectivity index (χ2n) is 4.88. The number of hydrogen-bond acceptors (Lipinski definition) is 1. The molecule has 2 nitrogen and oxygen atoms in total. The summed E-state index contributed by atoms with van der Waals surface area (Å²) in [7, 11) is 0. The van der Waals surface area contributed by atoms with E-state index in [0.29, 0.717) is 0 Å². The van der Waals surface area contributed by atoms with Crippen LogP contribution in [-0.2, 0) is 4.79 Å². The van der Waals surface area contributed by atoms with Crippen molar-refractivity contribution < 1.29 is 4.79 Å². The van der Waals surface area contributed by atoms with Crippen molar-refractivity contribution in [2.24, 2.45) is 0 Å². The fourth-order valence-electron chi connectivity index (χ4n) is 1.96. The molecule has 1 atom stereocenters. The van der Waals surface area contributed by atoms with Gasteiger partial charge in [-0.3, -0.25) is 4.79 Å². The standard InChI is InChI=1S/C15H29NO.Na.H/c1-4-6-7-8-9-10-11-12-13-14(3)16-15(17)5-2;;/h5,14H,2,4,6-13H2,1,3H3,(H,16,17);;. The van der Waals surface area contributed by atoms with E-state index in [4.69, 9.17) is 0 Å². The zero-order valence-corrected chi connectivity index (χ0v) is 11.6.